The van der Waals surface area contributed by atoms with Crippen molar-refractivity contribution in [2.45, 2.75) is 30.8 Å². The smallest absolute Gasteiger partial charge is 0.246 e. The lowest BCUT2D eigenvalue weighted by Gasteiger charge is -2.29. The van der Waals surface area contributed by atoms with Crippen molar-refractivity contribution in [1.82, 2.24) is 4.31 Å². The van der Waals surface area contributed by atoms with E-state index in [-0.39, 0.29) is 11.4 Å². The normalized spacial score (nSPS) is 22.1. The minimum absolute atomic E-state index is 0.0374. The molecule has 18 heavy (non-hydrogen) atoms. The summed E-state index contributed by atoms with van der Waals surface area (Å²) in [6, 6.07) is 4.01. The van der Waals surface area contributed by atoms with Gasteiger partial charge in [0, 0.05) is 13.1 Å². The summed E-state index contributed by atoms with van der Waals surface area (Å²) >= 11 is 0. The third-order valence-electron chi connectivity index (χ3n) is 3.06. The van der Waals surface area contributed by atoms with Crippen LogP contribution in [0.1, 0.15) is 18.4 Å². The molecule has 1 N–H and O–H groups in total. The summed E-state index contributed by atoms with van der Waals surface area (Å²) in [5, 5.41) is 9.51. The largest absolute Gasteiger partial charge is 0.392 e. The van der Waals surface area contributed by atoms with Gasteiger partial charge in [-0.2, -0.15) is 4.31 Å². The first-order valence-electron chi connectivity index (χ1n) is 5.85. The lowest BCUT2D eigenvalue weighted by Crippen LogP contribution is -2.42. The summed E-state index contributed by atoms with van der Waals surface area (Å²) in [7, 11) is -3.85. The van der Waals surface area contributed by atoms with Crippen LogP contribution < -0.4 is 0 Å². The maximum absolute atomic E-state index is 13.6. The third kappa shape index (κ3) is 2.55. The van der Waals surface area contributed by atoms with E-state index in [4.69, 9.17) is 0 Å². The molecule has 0 aliphatic carbocycles. The van der Waals surface area contributed by atoms with E-state index in [1.807, 2.05) is 0 Å². The molecule has 1 aliphatic rings. The number of hydrogen-bond acceptors (Lipinski definition) is 3. The molecule has 1 aliphatic heterocycles. The summed E-state index contributed by atoms with van der Waals surface area (Å²) in [5.74, 6) is -0.749. The molecule has 100 valence electrons. The van der Waals surface area contributed by atoms with Crippen LogP contribution in [0.15, 0.2) is 23.1 Å². The fourth-order valence-electron chi connectivity index (χ4n) is 2.09. The van der Waals surface area contributed by atoms with Crippen LogP contribution in [0.4, 0.5) is 4.39 Å². The number of piperidine rings is 1. The standard InChI is InChI=1S/C12H16FNO3S/c1-9-4-5-11(13)12(7-9)18(16,17)14-6-2-3-10(15)8-14/h4-5,7,10,15H,2-3,6,8H2,1H3/t10-/m0/s1. The molecule has 1 fully saturated rings. The zero-order chi connectivity index (χ0) is 13.3. The van der Waals surface area contributed by atoms with Gasteiger partial charge in [0.05, 0.1) is 6.10 Å². The highest BCUT2D eigenvalue weighted by Gasteiger charge is 2.31. The molecule has 0 radical (unpaired) electrons. The van der Waals surface area contributed by atoms with Gasteiger partial charge in [0.2, 0.25) is 10.0 Å². The Morgan fingerprint density at radius 3 is 2.83 bits per heavy atom. The molecule has 2 rings (SSSR count). The van der Waals surface area contributed by atoms with Crippen molar-refractivity contribution in [3.05, 3.63) is 29.6 Å². The van der Waals surface area contributed by atoms with E-state index < -0.39 is 21.9 Å². The Morgan fingerprint density at radius 2 is 2.17 bits per heavy atom. The fraction of sp³-hybridized carbons (Fsp3) is 0.500. The van der Waals surface area contributed by atoms with Crippen LogP contribution in [0.2, 0.25) is 0 Å². The molecule has 1 aromatic rings. The first kappa shape index (κ1) is 13.5. The SMILES string of the molecule is Cc1ccc(F)c(S(=O)(=O)N2CCC[C@H](O)C2)c1. The van der Waals surface area contributed by atoms with Gasteiger partial charge in [0.1, 0.15) is 10.7 Å². The van der Waals surface area contributed by atoms with Crippen LogP contribution in [-0.4, -0.2) is 37.0 Å². The van der Waals surface area contributed by atoms with Crippen LogP contribution in [-0.2, 0) is 10.0 Å². The van der Waals surface area contributed by atoms with Gasteiger partial charge in [-0.05, 0) is 37.5 Å². The summed E-state index contributed by atoms with van der Waals surface area (Å²) in [6.07, 6.45) is 0.511. The highest BCUT2D eigenvalue weighted by atomic mass is 32.2. The molecular weight excluding hydrogens is 257 g/mol. The van der Waals surface area contributed by atoms with Gasteiger partial charge in [0.15, 0.2) is 0 Å². The summed E-state index contributed by atoms with van der Waals surface area (Å²) in [6.45, 7) is 2.08. The lowest BCUT2D eigenvalue weighted by molar-refractivity contribution is 0.108. The van der Waals surface area contributed by atoms with E-state index >= 15 is 0 Å². The van der Waals surface area contributed by atoms with Gasteiger partial charge in [0.25, 0.3) is 0 Å². The Balaban J connectivity index is 2.38. The second-order valence-electron chi connectivity index (χ2n) is 4.59. The Kier molecular flexibility index (Phi) is 3.70. The van der Waals surface area contributed by atoms with Crippen molar-refractivity contribution in [2.24, 2.45) is 0 Å². The van der Waals surface area contributed by atoms with E-state index in [1.165, 1.54) is 12.1 Å². The number of aliphatic hydroxyl groups is 1. The monoisotopic (exact) mass is 273 g/mol. The Hall–Kier alpha value is -0.980. The highest BCUT2D eigenvalue weighted by Crippen LogP contribution is 2.23. The van der Waals surface area contributed by atoms with Gasteiger partial charge in [-0.15, -0.1) is 0 Å². The lowest BCUT2D eigenvalue weighted by atomic mass is 10.1. The van der Waals surface area contributed by atoms with Crippen molar-refractivity contribution in [3.63, 3.8) is 0 Å². The van der Waals surface area contributed by atoms with Gasteiger partial charge in [-0.3, -0.25) is 0 Å². The number of nitrogens with zero attached hydrogens (tertiary/aromatic N) is 1. The predicted molar refractivity (Wildman–Crippen MR) is 65.1 cm³/mol. The van der Waals surface area contributed by atoms with Gasteiger partial charge < -0.3 is 5.11 Å². The maximum atomic E-state index is 13.6. The van der Waals surface area contributed by atoms with Crippen molar-refractivity contribution >= 4 is 10.0 Å². The minimum Gasteiger partial charge on any atom is -0.392 e. The molecule has 0 unspecified atom stereocenters. The zero-order valence-corrected chi connectivity index (χ0v) is 11.0. The van der Waals surface area contributed by atoms with E-state index in [2.05, 4.69) is 0 Å². The highest BCUT2D eigenvalue weighted by molar-refractivity contribution is 7.89. The number of benzene rings is 1. The molecule has 1 atom stereocenters. The Labute approximate surface area is 106 Å². The van der Waals surface area contributed by atoms with E-state index in [0.717, 1.165) is 10.4 Å². The quantitative estimate of drug-likeness (QED) is 0.883. The number of sulfonamides is 1. The van der Waals surface area contributed by atoms with Crippen molar-refractivity contribution in [2.75, 3.05) is 13.1 Å². The van der Waals surface area contributed by atoms with E-state index in [9.17, 15) is 17.9 Å². The van der Waals surface area contributed by atoms with Gasteiger partial charge in [-0.25, -0.2) is 12.8 Å². The molecule has 0 amide bonds. The van der Waals surface area contributed by atoms with Crippen molar-refractivity contribution < 1.29 is 17.9 Å². The second kappa shape index (κ2) is 4.95. The topological polar surface area (TPSA) is 57.6 Å². The zero-order valence-electron chi connectivity index (χ0n) is 10.1. The molecular formula is C12H16FNO3S. The molecule has 0 spiro atoms. The number of aliphatic hydroxyl groups excluding tert-OH is 1. The third-order valence-corrected chi connectivity index (χ3v) is 4.94. The van der Waals surface area contributed by atoms with Gasteiger partial charge in [-0.1, -0.05) is 6.07 Å². The van der Waals surface area contributed by atoms with Gasteiger partial charge >= 0.3 is 0 Å². The summed E-state index contributed by atoms with van der Waals surface area (Å²) < 4.78 is 39.4. The number of aryl methyl sites for hydroxylation is 1. The Bertz CT molecular complexity index is 544. The van der Waals surface area contributed by atoms with Crippen molar-refractivity contribution in [1.29, 1.82) is 0 Å². The maximum Gasteiger partial charge on any atom is 0.246 e. The molecule has 0 aromatic heterocycles. The number of hydrogen-bond donors (Lipinski definition) is 1. The van der Waals surface area contributed by atoms with Crippen LogP contribution >= 0.6 is 0 Å². The Morgan fingerprint density at radius 1 is 1.44 bits per heavy atom. The number of β-amino-alcohol motifs (C(OH)–C–C–N with tert-alkyl or cyclic N) is 1. The van der Waals surface area contributed by atoms with Crippen LogP contribution in [0, 0.1) is 12.7 Å². The minimum atomic E-state index is -3.85. The van der Waals surface area contributed by atoms with E-state index in [1.54, 1.807) is 6.92 Å². The molecule has 1 saturated heterocycles. The van der Waals surface area contributed by atoms with Crippen LogP contribution in [0.3, 0.4) is 0 Å². The first-order valence-corrected chi connectivity index (χ1v) is 7.29. The molecule has 4 nitrogen and oxygen atoms in total. The average molecular weight is 273 g/mol. The molecule has 0 bridgehead atoms. The predicted octanol–water partition coefficient (Wildman–Crippen LogP) is 1.28. The molecule has 1 heterocycles. The average Bonchev–Trinajstić information content (AvgIpc) is 2.32. The summed E-state index contributed by atoms with van der Waals surface area (Å²) in [5.41, 5.74) is 0.688. The molecule has 0 saturated carbocycles. The number of halogens is 1. The first-order chi connectivity index (χ1) is 8.41. The van der Waals surface area contributed by atoms with Crippen LogP contribution in [0.5, 0.6) is 0 Å². The fourth-order valence-corrected chi connectivity index (χ4v) is 3.75. The van der Waals surface area contributed by atoms with Crippen molar-refractivity contribution in [3.8, 4) is 0 Å². The van der Waals surface area contributed by atoms with Crippen LogP contribution in [0.25, 0.3) is 0 Å². The molecule has 1 aromatic carbocycles. The second-order valence-corrected chi connectivity index (χ2v) is 6.50. The molecule has 6 heteroatoms. The summed E-state index contributed by atoms with van der Waals surface area (Å²) in [4.78, 5) is -0.309. The number of rotatable bonds is 2. The van der Waals surface area contributed by atoms with E-state index in [0.29, 0.717) is 24.9 Å².